The second-order valence-corrected chi connectivity index (χ2v) is 5.23. The number of amides is 2. The van der Waals surface area contributed by atoms with E-state index in [4.69, 9.17) is 6.42 Å². The lowest BCUT2D eigenvalue weighted by atomic mass is 10.1. The first-order valence-electron chi connectivity index (χ1n) is 5.45. The van der Waals surface area contributed by atoms with Crippen LogP contribution in [0.3, 0.4) is 0 Å². The zero-order valence-corrected chi connectivity index (χ0v) is 10.6. The van der Waals surface area contributed by atoms with E-state index in [9.17, 15) is 9.59 Å². The fraction of sp³-hybridized carbons (Fsp3) is 0.231. The minimum atomic E-state index is -0.242. The zero-order chi connectivity index (χ0) is 13.1. The summed E-state index contributed by atoms with van der Waals surface area (Å²) in [5.74, 6) is 2.05. The van der Waals surface area contributed by atoms with Gasteiger partial charge in [0.2, 0.25) is 5.91 Å². The van der Waals surface area contributed by atoms with Gasteiger partial charge in [-0.25, -0.2) is 0 Å². The van der Waals surface area contributed by atoms with E-state index in [1.807, 2.05) is 13.0 Å². The topological polar surface area (TPSA) is 58.2 Å². The van der Waals surface area contributed by atoms with E-state index >= 15 is 0 Å². The predicted molar refractivity (Wildman–Crippen MR) is 71.6 cm³/mol. The molecule has 92 valence electrons. The smallest absolute Gasteiger partial charge is 0.252 e. The van der Waals surface area contributed by atoms with Gasteiger partial charge in [-0.05, 0) is 25.1 Å². The van der Waals surface area contributed by atoms with Crippen LogP contribution in [0.4, 0.5) is 5.69 Å². The average molecular weight is 260 g/mol. The second kappa shape index (κ2) is 5.15. The number of hydrogen-bond donors (Lipinski definition) is 2. The highest BCUT2D eigenvalue weighted by atomic mass is 32.2. The summed E-state index contributed by atoms with van der Waals surface area (Å²) in [4.78, 5) is 24.2. The first-order valence-corrected chi connectivity index (χ1v) is 6.33. The van der Waals surface area contributed by atoms with Crippen molar-refractivity contribution in [2.24, 2.45) is 0 Å². The maximum absolute atomic E-state index is 11.7. The van der Waals surface area contributed by atoms with Crippen LogP contribution in [0.2, 0.25) is 0 Å². The Morgan fingerprint density at radius 1 is 1.61 bits per heavy atom. The molecular weight excluding hydrogens is 248 g/mol. The third kappa shape index (κ3) is 2.49. The molecule has 18 heavy (non-hydrogen) atoms. The van der Waals surface area contributed by atoms with Crippen LogP contribution in [0.5, 0.6) is 0 Å². The average Bonchev–Trinajstić information content (AvgIpc) is 2.36. The van der Waals surface area contributed by atoms with Gasteiger partial charge in [0.1, 0.15) is 0 Å². The van der Waals surface area contributed by atoms with Gasteiger partial charge in [-0.3, -0.25) is 9.59 Å². The van der Waals surface area contributed by atoms with Crippen molar-refractivity contribution in [3.05, 3.63) is 23.8 Å². The van der Waals surface area contributed by atoms with Crippen molar-refractivity contribution in [2.75, 3.05) is 11.9 Å². The lowest BCUT2D eigenvalue weighted by Crippen LogP contribution is -2.27. The van der Waals surface area contributed by atoms with Crippen LogP contribution in [0.15, 0.2) is 23.1 Å². The molecule has 1 atom stereocenters. The Kier molecular flexibility index (Phi) is 3.58. The standard InChI is InChI=1S/C13H12N2O2S/c1-3-6-14-13(17)9-4-5-11-10(7-9)15-12(16)8(2)18-11/h1,4-5,7-8H,6H2,2H3,(H,14,17)(H,15,16). The second-order valence-electron chi connectivity index (χ2n) is 3.85. The van der Waals surface area contributed by atoms with Gasteiger partial charge >= 0.3 is 0 Å². The number of benzene rings is 1. The molecule has 0 aliphatic carbocycles. The molecule has 1 unspecified atom stereocenters. The summed E-state index contributed by atoms with van der Waals surface area (Å²) in [5.41, 5.74) is 1.16. The highest BCUT2D eigenvalue weighted by Crippen LogP contribution is 2.35. The number of terminal acetylenes is 1. The number of carbonyl (C=O) groups excluding carboxylic acids is 2. The molecule has 5 heteroatoms. The lowest BCUT2D eigenvalue weighted by Gasteiger charge is -2.21. The molecule has 1 heterocycles. The summed E-state index contributed by atoms with van der Waals surface area (Å²) >= 11 is 1.48. The summed E-state index contributed by atoms with van der Waals surface area (Å²) in [7, 11) is 0. The third-order valence-corrected chi connectivity index (χ3v) is 3.70. The molecule has 1 aromatic carbocycles. The molecule has 2 rings (SSSR count). The van der Waals surface area contributed by atoms with Gasteiger partial charge in [-0.2, -0.15) is 0 Å². The fourth-order valence-corrected chi connectivity index (χ4v) is 2.51. The number of carbonyl (C=O) groups is 2. The van der Waals surface area contributed by atoms with Crippen molar-refractivity contribution in [1.82, 2.24) is 5.32 Å². The number of hydrogen-bond acceptors (Lipinski definition) is 3. The van der Waals surface area contributed by atoms with Crippen LogP contribution >= 0.6 is 11.8 Å². The fourth-order valence-electron chi connectivity index (χ4n) is 1.58. The first kappa shape index (κ1) is 12.5. The molecule has 4 nitrogen and oxygen atoms in total. The van der Waals surface area contributed by atoms with Gasteiger partial charge in [-0.15, -0.1) is 18.2 Å². The highest BCUT2D eigenvalue weighted by molar-refractivity contribution is 8.00. The van der Waals surface area contributed by atoms with Crippen molar-refractivity contribution >= 4 is 29.3 Å². The van der Waals surface area contributed by atoms with E-state index in [0.29, 0.717) is 11.3 Å². The van der Waals surface area contributed by atoms with E-state index < -0.39 is 0 Å². The van der Waals surface area contributed by atoms with Crippen LogP contribution in [0, 0.1) is 12.3 Å². The zero-order valence-electron chi connectivity index (χ0n) is 9.82. The summed E-state index contributed by atoms with van der Waals surface area (Å²) in [5, 5.41) is 5.25. The summed E-state index contributed by atoms with van der Waals surface area (Å²) in [6.45, 7) is 2.03. The van der Waals surface area contributed by atoms with Crippen LogP contribution in [-0.2, 0) is 4.79 Å². The number of thioether (sulfide) groups is 1. The van der Waals surface area contributed by atoms with Gasteiger partial charge in [0.05, 0.1) is 17.5 Å². The lowest BCUT2D eigenvalue weighted by molar-refractivity contribution is -0.115. The molecule has 2 N–H and O–H groups in total. The molecule has 0 radical (unpaired) electrons. The Morgan fingerprint density at radius 3 is 3.11 bits per heavy atom. The van der Waals surface area contributed by atoms with Crippen LogP contribution < -0.4 is 10.6 Å². The third-order valence-electron chi connectivity index (χ3n) is 2.52. The molecule has 0 saturated carbocycles. The molecule has 0 saturated heterocycles. The first-order chi connectivity index (χ1) is 8.61. The van der Waals surface area contributed by atoms with Crippen molar-refractivity contribution in [3.8, 4) is 12.3 Å². The molecule has 0 spiro atoms. The molecule has 1 aliphatic heterocycles. The largest absolute Gasteiger partial charge is 0.341 e. The quantitative estimate of drug-likeness (QED) is 0.792. The SMILES string of the molecule is C#CCNC(=O)c1ccc2c(c1)NC(=O)C(C)S2. The summed E-state index contributed by atoms with van der Waals surface area (Å²) in [6.07, 6.45) is 5.07. The molecule has 0 bridgehead atoms. The van der Waals surface area contributed by atoms with Crippen LogP contribution in [0.1, 0.15) is 17.3 Å². The van der Waals surface area contributed by atoms with Gasteiger partial charge < -0.3 is 10.6 Å². The Labute approximate surface area is 110 Å². The molecule has 2 amide bonds. The number of fused-ring (bicyclic) bond motifs is 1. The maximum Gasteiger partial charge on any atom is 0.252 e. The van der Waals surface area contributed by atoms with Crippen molar-refractivity contribution in [2.45, 2.75) is 17.1 Å². The predicted octanol–water partition coefficient (Wildman–Crippen LogP) is 1.48. The minimum absolute atomic E-state index is 0.0475. The molecule has 0 aromatic heterocycles. The molecule has 1 aromatic rings. The van der Waals surface area contributed by atoms with Crippen molar-refractivity contribution in [1.29, 1.82) is 0 Å². The van der Waals surface area contributed by atoms with Gasteiger partial charge in [0.15, 0.2) is 0 Å². The van der Waals surface area contributed by atoms with E-state index in [1.54, 1.807) is 12.1 Å². The Balaban J connectivity index is 2.23. The number of rotatable bonds is 2. The van der Waals surface area contributed by atoms with Gasteiger partial charge in [-0.1, -0.05) is 5.92 Å². The number of nitrogens with one attached hydrogen (secondary N) is 2. The van der Waals surface area contributed by atoms with E-state index in [1.165, 1.54) is 11.8 Å². The van der Waals surface area contributed by atoms with Gasteiger partial charge in [0.25, 0.3) is 5.91 Å². The monoisotopic (exact) mass is 260 g/mol. The summed E-state index contributed by atoms with van der Waals surface area (Å²) < 4.78 is 0. The van der Waals surface area contributed by atoms with Crippen molar-refractivity contribution in [3.63, 3.8) is 0 Å². The van der Waals surface area contributed by atoms with Gasteiger partial charge in [0, 0.05) is 10.5 Å². The van der Waals surface area contributed by atoms with Crippen LogP contribution in [-0.4, -0.2) is 23.6 Å². The normalized spacial score (nSPS) is 17.3. The van der Waals surface area contributed by atoms with Crippen LogP contribution in [0.25, 0.3) is 0 Å². The van der Waals surface area contributed by atoms with E-state index in [0.717, 1.165) is 4.90 Å². The van der Waals surface area contributed by atoms with E-state index in [2.05, 4.69) is 16.6 Å². The Morgan fingerprint density at radius 2 is 2.39 bits per heavy atom. The molecule has 0 fully saturated rings. The highest BCUT2D eigenvalue weighted by Gasteiger charge is 2.23. The maximum atomic E-state index is 11.7. The van der Waals surface area contributed by atoms with Crippen molar-refractivity contribution < 1.29 is 9.59 Å². The Bertz CT molecular complexity index is 548. The number of anilines is 1. The van der Waals surface area contributed by atoms with E-state index in [-0.39, 0.29) is 23.6 Å². The minimum Gasteiger partial charge on any atom is -0.341 e. The molecule has 1 aliphatic rings. The Hall–Kier alpha value is -1.93. The molecular formula is C13H12N2O2S. The summed E-state index contributed by atoms with van der Waals surface area (Å²) in [6, 6.07) is 5.22.